The van der Waals surface area contributed by atoms with Crippen LogP contribution in [-0.4, -0.2) is 20.4 Å². The molecular weight excluding hydrogens is 313 g/mol. The number of nitrogens with zero attached hydrogens (tertiary/aromatic N) is 1. The molecule has 0 radical (unpaired) electrons. The molecule has 0 aliphatic carbocycles. The van der Waals surface area contributed by atoms with Gasteiger partial charge in [0, 0.05) is 0 Å². The minimum absolute atomic E-state index is 0.0219. The average Bonchev–Trinajstić information content (AvgIpc) is 3.03. The summed E-state index contributed by atoms with van der Waals surface area (Å²) in [5, 5.41) is 0. The van der Waals surface area contributed by atoms with Crippen LogP contribution in [-0.2, 0) is 0 Å². The van der Waals surface area contributed by atoms with E-state index in [1.165, 1.54) is 0 Å². The molecule has 1 heterocycles. The SMILES string of the molecule is O=C(c1ccccc1)N(c1ccccc1)c1ccc[se]1. The number of hydrogen-bond acceptors (Lipinski definition) is 1. The molecular formula is C17H13NOSe. The number of anilines is 2. The minimum atomic E-state index is 0.0219. The Morgan fingerprint density at radius 3 is 2.05 bits per heavy atom. The summed E-state index contributed by atoms with van der Waals surface area (Å²) in [5.74, 6) is 0.0219. The van der Waals surface area contributed by atoms with Gasteiger partial charge in [-0.1, -0.05) is 0 Å². The Hall–Kier alpha value is -2.09. The van der Waals surface area contributed by atoms with Gasteiger partial charge in [0.1, 0.15) is 0 Å². The zero-order valence-electron chi connectivity index (χ0n) is 10.8. The Balaban J connectivity index is 2.05. The van der Waals surface area contributed by atoms with E-state index in [-0.39, 0.29) is 20.4 Å². The molecule has 0 aliphatic heterocycles. The summed E-state index contributed by atoms with van der Waals surface area (Å²) >= 11 is 0.209. The van der Waals surface area contributed by atoms with Crippen LogP contribution in [0.15, 0.2) is 77.7 Å². The maximum atomic E-state index is 12.8. The molecule has 2 nitrogen and oxygen atoms in total. The normalized spacial score (nSPS) is 10.2. The van der Waals surface area contributed by atoms with Gasteiger partial charge in [-0.05, 0) is 0 Å². The zero-order chi connectivity index (χ0) is 13.8. The molecule has 0 saturated carbocycles. The van der Waals surface area contributed by atoms with Crippen molar-refractivity contribution in [3.63, 3.8) is 0 Å². The topological polar surface area (TPSA) is 20.3 Å². The first-order valence-electron chi connectivity index (χ1n) is 6.34. The van der Waals surface area contributed by atoms with Gasteiger partial charge >= 0.3 is 124 Å². The molecule has 3 aromatic rings. The quantitative estimate of drug-likeness (QED) is 0.672. The van der Waals surface area contributed by atoms with Crippen LogP contribution in [0.1, 0.15) is 10.4 Å². The molecule has 98 valence electrons. The Morgan fingerprint density at radius 2 is 1.45 bits per heavy atom. The Morgan fingerprint density at radius 1 is 0.800 bits per heavy atom. The van der Waals surface area contributed by atoms with E-state index in [2.05, 4.69) is 4.94 Å². The second-order valence-electron chi connectivity index (χ2n) is 4.29. The van der Waals surface area contributed by atoms with E-state index in [0.717, 1.165) is 10.2 Å². The second-order valence-corrected chi connectivity index (χ2v) is 6.24. The van der Waals surface area contributed by atoms with Crippen molar-refractivity contribution < 1.29 is 4.79 Å². The van der Waals surface area contributed by atoms with E-state index in [4.69, 9.17) is 0 Å². The number of rotatable bonds is 3. The van der Waals surface area contributed by atoms with Crippen molar-refractivity contribution >= 4 is 30.7 Å². The molecule has 0 unspecified atom stereocenters. The predicted molar refractivity (Wildman–Crippen MR) is 82.7 cm³/mol. The van der Waals surface area contributed by atoms with Crippen molar-refractivity contribution in [2.45, 2.75) is 0 Å². The Labute approximate surface area is 124 Å². The molecule has 0 saturated heterocycles. The van der Waals surface area contributed by atoms with Crippen LogP contribution in [0.3, 0.4) is 0 Å². The molecule has 1 amide bonds. The first-order valence-corrected chi connectivity index (χ1v) is 8.19. The fraction of sp³-hybridized carbons (Fsp3) is 0. The van der Waals surface area contributed by atoms with E-state index in [9.17, 15) is 4.79 Å². The molecule has 2 aromatic carbocycles. The third kappa shape index (κ3) is 2.60. The third-order valence-electron chi connectivity index (χ3n) is 2.96. The van der Waals surface area contributed by atoms with Crippen molar-refractivity contribution in [1.29, 1.82) is 0 Å². The summed E-state index contributed by atoms with van der Waals surface area (Å²) in [7, 11) is 0. The summed E-state index contributed by atoms with van der Waals surface area (Å²) in [6, 6.07) is 23.3. The van der Waals surface area contributed by atoms with Crippen LogP contribution in [0.5, 0.6) is 0 Å². The first kappa shape index (κ1) is 12.9. The monoisotopic (exact) mass is 327 g/mol. The summed E-state index contributed by atoms with van der Waals surface area (Å²) in [5.41, 5.74) is 1.62. The van der Waals surface area contributed by atoms with Crippen molar-refractivity contribution in [2.24, 2.45) is 0 Å². The van der Waals surface area contributed by atoms with E-state index < -0.39 is 0 Å². The van der Waals surface area contributed by atoms with E-state index in [0.29, 0.717) is 5.56 Å². The molecule has 0 fully saturated rings. The fourth-order valence-electron chi connectivity index (χ4n) is 2.03. The van der Waals surface area contributed by atoms with Gasteiger partial charge in [0.2, 0.25) is 0 Å². The van der Waals surface area contributed by atoms with Crippen molar-refractivity contribution in [3.8, 4) is 0 Å². The number of hydrogen-bond donors (Lipinski definition) is 0. The van der Waals surface area contributed by atoms with Gasteiger partial charge < -0.3 is 0 Å². The molecule has 0 aliphatic rings. The molecule has 3 rings (SSSR count). The molecule has 20 heavy (non-hydrogen) atoms. The Kier molecular flexibility index (Phi) is 3.82. The van der Waals surface area contributed by atoms with Crippen LogP contribution >= 0.6 is 0 Å². The summed E-state index contributed by atoms with van der Waals surface area (Å²) in [4.78, 5) is 16.7. The summed E-state index contributed by atoms with van der Waals surface area (Å²) in [6.45, 7) is 0. The van der Waals surface area contributed by atoms with Gasteiger partial charge in [-0.15, -0.1) is 0 Å². The van der Waals surface area contributed by atoms with Crippen LogP contribution in [0.2, 0.25) is 0 Å². The number of carbonyl (C=O) groups is 1. The van der Waals surface area contributed by atoms with Crippen LogP contribution in [0.4, 0.5) is 10.2 Å². The van der Waals surface area contributed by atoms with Crippen molar-refractivity contribution in [1.82, 2.24) is 0 Å². The number of benzene rings is 2. The molecule has 1 aromatic heterocycles. The second kappa shape index (κ2) is 5.91. The number of para-hydroxylation sites is 1. The van der Waals surface area contributed by atoms with Gasteiger partial charge in [0.15, 0.2) is 0 Å². The number of carbonyl (C=O) groups excluding carboxylic acids is 1. The van der Waals surface area contributed by atoms with Crippen molar-refractivity contribution in [3.05, 3.63) is 83.3 Å². The summed E-state index contributed by atoms with van der Waals surface area (Å²) < 4.78 is 1.07. The average molecular weight is 326 g/mol. The Bertz CT molecular complexity index is 678. The van der Waals surface area contributed by atoms with Crippen LogP contribution in [0.25, 0.3) is 0 Å². The fourth-order valence-corrected chi connectivity index (χ4v) is 3.60. The standard InChI is InChI=1S/C17H13NOSe/c19-17(14-8-3-1-4-9-14)18(16-12-7-13-20-16)15-10-5-2-6-11-15/h1-13H. The van der Waals surface area contributed by atoms with Crippen LogP contribution < -0.4 is 4.90 Å². The molecule has 0 spiro atoms. The van der Waals surface area contributed by atoms with E-state index in [1.807, 2.05) is 77.7 Å². The molecule has 0 N–H and O–H groups in total. The van der Waals surface area contributed by atoms with Crippen LogP contribution in [0, 0.1) is 0 Å². The first-order chi connectivity index (χ1) is 9.86. The van der Waals surface area contributed by atoms with Gasteiger partial charge in [0.25, 0.3) is 0 Å². The maximum absolute atomic E-state index is 12.8. The third-order valence-corrected chi connectivity index (χ3v) is 4.76. The van der Waals surface area contributed by atoms with Gasteiger partial charge in [0.05, 0.1) is 0 Å². The van der Waals surface area contributed by atoms with E-state index in [1.54, 1.807) is 0 Å². The predicted octanol–water partition coefficient (Wildman–Crippen LogP) is 3.72. The molecule has 0 atom stereocenters. The van der Waals surface area contributed by atoms with Gasteiger partial charge in [-0.25, -0.2) is 0 Å². The van der Waals surface area contributed by atoms with Gasteiger partial charge in [-0.3, -0.25) is 0 Å². The van der Waals surface area contributed by atoms with Gasteiger partial charge in [-0.2, -0.15) is 0 Å². The summed E-state index contributed by atoms with van der Waals surface area (Å²) in [6.07, 6.45) is 0. The molecule has 3 heteroatoms. The van der Waals surface area contributed by atoms with E-state index >= 15 is 0 Å². The zero-order valence-corrected chi connectivity index (χ0v) is 12.5. The molecule has 0 bridgehead atoms. The van der Waals surface area contributed by atoms with Crippen molar-refractivity contribution in [2.75, 3.05) is 4.90 Å². The number of amides is 1.